The van der Waals surface area contributed by atoms with Crippen molar-refractivity contribution >= 4 is 39.5 Å². The Hall–Kier alpha value is -4.02. The topological polar surface area (TPSA) is 237 Å². The number of phosphoric acid groups is 2. The fourth-order valence-electron chi connectivity index (χ4n) is 10.2. The predicted molar refractivity (Wildman–Crippen MR) is 399 cm³/mol. The van der Waals surface area contributed by atoms with E-state index in [1.807, 2.05) is 0 Å². The summed E-state index contributed by atoms with van der Waals surface area (Å²) in [5.41, 5.74) is 0. The number of unbranched alkanes of at least 4 members (excludes halogenated alkanes) is 30. The molecule has 0 aromatic rings. The van der Waals surface area contributed by atoms with Crippen LogP contribution in [-0.2, 0) is 65.4 Å². The molecule has 0 aromatic heterocycles. The maximum atomic E-state index is 13.1. The van der Waals surface area contributed by atoms with Gasteiger partial charge in [0.05, 0.1) is 26.4 Å². The lowest BCUT2D eigenvalue weighted by Gasteiger charge is -2.21. The fraction of sp³-hybridized carbons (Fsp3) is 0.747. The largest absolute Gasteiger partial charge is 0.472 e. The van der Waals surface area contributed by atoms with Gasteiger partial charge in [-0.1, -0.05) is 273 Å². The number of allylic oxidation sites excluding steroid dienone is 16. The van der Waals surface area contributed by atoms with Gasteiger partial charge >= 0.3 is 39.5 Å². The quantitative estimate of drug-likeness (QED) is 0.0169. The number of esters is 4. The highest BCUT2D eigenvalue weighted by molar-refractivity contribution is 7.47. The number of aliphatic hydroxyl groups excluding tert-OH is 1. The van der Waals surface area contributed by atoms with Gasteiger partial charge < -0.3 is 33.8 Å². The van der Waals surface area contributed by atoms with E-state index in [0.29, 0.717) is 25.7 Å². The average molecular weight is 1420 g/mol. The minimum atomic E-state index is -4.99. The molecule has 0 saturated heterocycles. The maximum Gasteiger partial charge on any atom is 0.472 e. The molecule has 0 spiro atoms. The van der Waals surface area contributed by atoms with Gasteiger partial charge in [0.2, 0.25) is 0 Å². The molecule has 566 valence electrons. The first-order valence-corrected chi connectivity index (χ1v) is 41.5. The molecule has 0 heterocycles. The number of phosphoric ester groups is 2. The summed E-state index contributed by atoms with van der Waals surface area (Å²) < 4.78 is 68.4. The molecule has 5 atom stereocenters. The van der Waals surface area contributed by atoms with Gasteiger partial charge in [-0.05, 0) is 122 Å². The van der Waals surface area contributed by atoms with Crippen LogP contribution in [0.3, 0.4) is 0 Å². The lowest BCUT2D eigenvalue weighted by atomic mass is 10.0. The van der Waals surface area contributed by atoms with Crippen LogP contribution in [0.1, 0.15) is 323 Å². The van der Waals surface area contributed by atoms with Crippen molar-refractivity contribution in [3.8, 4) is 0 Å². The number of rotatable bonds is 72. The molecule has 0 fully saturated rings. The average Bonchev–Trinajstić information content (AvgIpc) is 1.04. The zero-order valence-electron chi connectivity index (χ0n) is 61.7. The molecule has 0 saturated carbocycles. The number of hydrogen-bond donors (Lipinski definition) is 3. The van der Waals surface area contributed by atoms with Crippen LogP contribution in [0.4, 0.5) is 0 Å². The van der Waals surface area contributed by atoms with E-state index in [9.17, 15) is 43.2 Å². The van der Waals surface area contributed by atoms with E-state index in [0.717, 1.165) is 154 Å². The number of aliphatic hydroxyl groups is 1. The van der Waals surface area contributed by atoms with Crippen LogP contribution in [0.2, 0.25) is 0 Å². The summed E-state index contributed by atoms with van der Waals surface area (Å²) in [6, 6.07) is 0. The summed E-state index contributed by atoms with van der Waals surface area (Å²) in [7, 11) is -9.96. The Kier molecular flexibility index (Phi) is 68.4. The second-order valence-corrected chi connectivity index (χ2v) is 28.5. The highest BCUT2D eigenvalue weighted by Crippen LogP contribution is 2.45. The van der Waals surface area contributed by atoms with E-state index in [-0.39, 0.29) is 25.7 Å². The minimum absolute atomic E-state index is 0.0694. The summed E-state index contributed by atoms with van der Waals surface area (Å²) in [4.78, 5) is 72.8. The Morgan fingerprint density at radius 3 is 0.898 bits per heavy atom. The van der Waals surface area contributed by atoms with E-state index in [1.54, 1.807) is 0 Å². The van der Waals surface area contributed by atoms with Crippen LogP contribution in [0, 0.1) is 0 Å². The number of carbonyl (C=O) groups is 4. The van der Waals surface area contributed by atoms with Crippen LogP contribution < -0.4 is 0 Å². The first kappa shape index (κ1) is 94.0. The van der Waals surface area contributed by atoms with Crippen LogP contribution in [0.25, 0.3) is 0 Å². The predicted octanol–water partition coefficient (Wildman–Crippen LogP) is 22.0. The third-order valence-corrected chi connectivity index (χ3v) is 17.9. The fourth-order valence-corrected chi connectivity index (χ4v) is 11.7. The van der Waals surface area contributed by atoms with Crippen molar-refractivity contribution in [1.29, 1.82) is 0 Å². The Labute approximate surface area is 595 Å². The van der Waals surface area contributed by atoms with Gasteiger partial charge in [-0.25, -0.2) is 9.13 Å². The molecule has 0 amide bonds. The molecule has 0 aromatic carbocycles. The molecule has 98 heavy (non-hydrogen) atoms. The Bertz CT molecular complexity index is 2240. The van der Waals surface area contributed by atoms with E-state index in [1.165, 1.54) is 89.9 Å². The molecule has 5 unspecified atom stereocenters. The first-order chi connectivity index (χ1) is 47.7. The van der Waals surface area contributed by atoms with Crippen LogP contribution in [0.15, 0.2) is 97.2 Å². The second-order valence-electron chi connectivity index (χ2n) is 25.6. The molecule has 0 aliphatic rings. The van der Waals surface area contributed by atoms with E-state index in [4.69, 9.17) is 37.0 Å². The third-order valence-electron chi connectivity index (χ3n) is 16.0. The molecule has 0 bridgehead atoms. The molecule has 0 rings (SSSR count). The maximum absolute atomic E-state index is 13.1. The van der Waals surface area contributed by atoms with Gasteiger partial charge in [-0.2, -0.15) is 0 Å². The van der Waals surface area contributed by atoms with Crippen molar-refractivity contribution in [3.63, 3.8) is 0 Å². The molecule has 0 aliphatic heterocycles. The zero-order valence-corrected chi connectivity index (χ0v) is 63.5. The van der Waals surface area contributed by atoms with Gasteiger partial charge in [0.25, 0.3) is 0 Å². The Morgan fingerprint density at radius 2 is 0.551 bits per heavy atom. The SMILES string of the molecule is CC/C=C\C/C=C\C/C=C\C/C=C\CCCCC(=O)OCC(COP(=O)(O)OCC(O)COP(=O)(O)OCC(COC(=O)CCCCCCCCCCCCCCCCC)OC(=O)CCCCCCC/C=C\C/C=C\CCC)OC(=O)CCCCCCC/C=C\C/C=C\CCCCC. The van der Waals surface area contributed by atoms with Gasteiger partial charge in [-0.15, -0.1) is 0 Å². The van der Waals surface area contributed by atoms with Crippen LogP contribution >= 0.6 is 15.6 Å². The normalized spacial score (nSPS) is 14.5. The zero-order chi connectivity index (χ0) is 71.8. The van der Waals surface area contributed by atoms with E-state index >= 15 is 0 Å². The molecule has 19 heteroatoms. The highest BCUT2D eigenvalue weighted by atomic mass is 31.2. The highest BCUT2D eigenvalue weighted by Gasteiger charge is 2.30. The monoisotopic (exact) mass is 1420 g/mol. The second kappa shape index (κ2) is 71.4. The van der Waals surface area contributed by atoms with Crippen molar-refractivity contribution < 1.29 is 80.2 Å². The first-order valence-electron chi connectivity index (χ1n) is 38.5. The molecule has 0 radical (unpaired) electrons. The van der Waals surface area contributed by atoms with Gasteiger partial charge in [0.15, 0.2) is 12.2 Å². The number of ether oxygens (including phenoxy) is 4. The number of hydrogen-bond acceptors (Lipinski definition) is 15. The molecule has 3 N–H and O–H groups in total. The lowest BCUT2D eigenvalue weighted by Crippen LogP contribution is -2.30. The van der Waals surface area contributed by atoms with Crippen molar-refractivity contribution in [1.82, 2.24) is 0 Å². The molecular formula is C79H138O17P2. The molecule has 0 aliphatic carbocycles. The van der Waals surface area contributed by atoms with E-state index in [2.05, 4.69) is 125 Å². The van der Waals surface area contributed by atoms with Gasteiger partial charge in [-0.3, -0.25) is 37.3 Å². The van der Waals surface area contributed by atoms with Crippen molar-refractivity contribution in [2.45, 2.75) is 341 Å². The Balaban J connectivity index is 5.38. The third kappa shape index (κ3) is 70.4. The molecule has 17 nitrogen and oxygen atoms in total. The van der Waals surface area contributed by atoms with Crippen LogP contribution in [-0.4, -0.2) is 96.7 Å². The smallest absolute Gasteiger partial charge is 0.462 e. The van der Waals surface area contributed by atoms with Gasteiger partial charge in [0.1, 0.15) is 19.3 Å². The van der Waals surface area contributed by atoms with Crippen molar-refractivity contribution in [3.05, 3.63) is 97.2 Å². The standard InChI is InChI=1S/C79H138O17P2/c1-5-9-13-17-21-25-29-33-36-40-43-47-51-55-59-63-76(81)89-69-74(95-78(83)65-61-57-53-49-45-39-32-28-24-20-16-12-8-4)71-93-97(85,86)91-67-73(80)68-92-98(87,88)94-72-75(96-79(84)66-62-58-54-50-46-42-38-35-31-27-23-19-15-11-7-3)70-90-77(82)64-60-56-52-48-44-41-37-34-30-26-22-18-14-10-6-2/h10,14,16,20,22-23,26-28,32,34-35,37-38,44,48,73-75,80H,5-9,11-13,15,17-19,21,24-25,29-31,33,36,39-43,45-47,49-72H2,1-4H3,(H,85,86)(H,87,88)/b14-10-,20-16-,26-22-,27-23-,32-28-,37-34-,38-35-,48-44-. The Morgan fingerprint density at radius 1 is 0.296 bits per heavy atom. The summed E-state index contributed by atoms with van der Waals surface area (Å²) >= 11 is 0. The summed E-state index contributed by atoms with van der Waals surface area (Å²) in [5.74, 6) is -2.24. The van der Waals surface area contributed by atoms with E-state index < -0.39 is 97.5 Å². The lowest BCUT2D eigenvalue weighted by molar-refractivity contribution is -0.161. The van der Waals surface area contributed by atoms with Crippen LogP contribution in [0.5, 0.6) is 0 Å². The number of carbonyl (C=O) groups excluding carboxylic acids is 4. The van der Waals surface area contributed by atoms with Crippen molar-refractivity contribution in [2.24, 2.45) is 0 Å². The summed E-state index contributed by atoms with van der Waals surface area (Å²) in [6.45, 7) is 4.62. The van der Waals surface area contributed by atoms with Crippen molar-refractivity contribution in [2.75, 3.05) is 39.6 Å². The summed E-state index contributed by atoms with van der Waals surface area (Å²) in [5, 5.41) is 10.6. The molecular weight excluding hydrogens is 1280 g/mol. The minimum Gasteiger partial charge on any atom is -0.462 e. The summed E-state index contributed by atoms with van der Waals surface area (Å²) in [6.07, 6.45) is 74.0. The van der Waals surface area contributed by atoms with Gasteiger partial charge in [0, 0.05) is 25.7 Å².